The number of anilines is 1. The molecule has 2 rings (SSSR count). The molecule has 0 radical (unpaired) electrons. The molecule has 23 heavy (non-hydrogen) atoms. The first-order valence-electron chi connectivity index (χ1n) is 5.99. The molecule has 0 saturated heterocycles. The Labute approximate surface area is 129 Å². The van der Waals surface area contributed by atoms with E-state index in [9.17, 15) is 31.0 Å². The third-order valence-electron chi connectivity index (χ3n) is 2.85. The second kappa shape index (κ2) is 6.45. The fraction of sp³-hybridized carbons (Fsp3) is 0.0714. The van der Waals surface area contributed by atoms with Crippen LogP contribution in [-0.4, -0.2) is 16.4 Å². The highest BCUT2D eigenvalue weighted by Crippen LogP contribution is 2.21. The average Bonchev–Trinajstić information content (AvgIpc) is 2.48. The number of carbonyl (C=O) groups excluding carboxylic acids is 1. The zero-order valence-electron chi connectivity index (χ0n) is 11.4. The molecule has 0 aliphatic carbocycles. The average molecular weight is 349 g/mol. The topological polar surface area (TPSA) is 46.2 Å². The Hall–Kier alpha value is -2.29. The van der Waals surface area contributed by atoms with Crippen LogP contribution in [0.1, 0.15) is 10.4 Å². The van der Waals surface area contributed by atoms with Crippen molar-refractivity contribution in [2.75, 3.05) is 11.6 Å². The monoisotopic (exact) mass is 349 g/mol. The van der Waals surface area contributed by atoms with Gasteiger partial charge in [-0.1, -0.05) is 0 Å². The van der Waals surface area contributed by atoms with Gasteiger partial charge in [0.2, 0.25) is 0 Å². The lowest BCUT2D eigenvalue weighted by atomic mass is 10.1. The van der Waals surface area contributed by atoms with E-state index in [1.165, 1.54) is 12.3 Å². The highest BCUT2D eigenvalue weighted by atomic mass is 32.2. The lowest BCUT2D eigenvalue weighted by Gasteiger charge is -2.08. The van der Waals surface area contributed by atoms with Gasteiger partial charge in [0.15, 0.2) is 23.3 Å². The van der Waals surface area contributed by atoms with Gasteiger partial charge in [-0.15, -0.1) is 0 Å². The fourth-order valence-corrected chi connectivity index (χ4v) is 2.34. The first-order valence-corrected chi connectivity index (χ1v) is 7.55. The van der Waals surface area contributed by atoms with Crippen molar-refractivity contribution in [3.63, 3.8) is 0 Å². The molecule has 1 amide bonds. The standard InChI is InChI=1S/C14H8F5NO2S/c1-23(22)10-3-2-6(4-8(10)15)20-14(21)7-5-9(16)12(18)13(19)11(7)17/h2-5H,1H3,(H,20,21). The molecule has 9 heteroatoms. The van der Waals surface area contributed by atoms with Crippen molar-refractivity contribution in [2.45, 2.75) is 4.90 Å². The maximum Gasteiger partial charge on any atom is 0.258 e. The Morgan fingerprint density at radius 3 is 2.17 bits per heavy atom. The lowest BCUT2D eigenvalue weighted by molar-refractivity contribution is 0.102. The summed E-state index contributed by atoms with van der Waals surface area (Å²) in [4.78, 5) is 11.7. The zero-order chi connectivity index (χ0) is 17.3. The quantitative estimate of drug-likeness (QED) is 0.525. The molecule has 0 bridgehead atoms. The van der Waals surface area contributed by atoms with Gasteiger partial charge >= 0.3 is 0 Å². The summed E-state index contributed by atoms with van der Waals surface area (Å²) in [7, 11) is -1.60. The van der Waals surface area contributed by atoms with Crippen LogP contribution in [-0.2, 0) is 10.8 Å². The Bertz CT molecular complexity index is 825. The van der Waals surface area contributed by atoms with E-state index in [0.29, 0.717) is 0 Å². The Morgan fingerprint density at radius 1 is 0.957 bits per heavy atom. The number of amides is 1. The van der Waals surface area contributed by atoms with Crippen LogP contribution < -0.4 is 5.32 Å². The van der Waals surface area contributed by atoms with E-state index in [1.807, 2.05) is 5.32 Å². The molecule has 122 valence electrons. The summed E-state index contributed by atoms with van der Waals surface area (Å²) in [5, 5.41) is 2.01. The third-order valence-corrected chi connectivity index (χ3v) is 3.80. The van der Waals surface area contributed by atoms with Gasteiger partial charge in [-0.3, -0.25) is 9.00 Å². The van der Waals surface area contributed by atoms with E-state index < -0.39 is 51.4 Å². The van der Waals surface area contributed by atoms with Crippen LogP contribution in [0.15, 0.2) is 29.2 Å². The van der Waals surface area contributed by atoms with E-state index in [-0.39, 0.29) is 16.6 Å². The minimum absolute atomic E-state index is 0.118. The van der Waals surface area contributed by atoms with Gasteiger partial charge in [-0.25, -0.2) is 22.0 Å². The highest BCUT2D eigenvalue weighted by molar-refractivity contribution is 7.84. The van der Waals surface area contributed by atoms with Crippen molar-refractivity contribution >= 4 is 22.4 Å². The van der Waals surface area contributed by atoms with E-state index in [4.69, 9.17) is 0 Å². The molecule has 0 aromatic heterocycles. The molecule has 1 unspecified atom stereocenters. The molecule has 1 atom stereocenters. The van der Waals surface area contributed by atoms with E-state index in [1.54, 1.807) is 0 Å². The summed E-state index contributed by atoms with van der Waals surface area (Å²) in [5.74, 6) is -9.96. The molecule has 0 aliphatic rings. The van der Waals surface area contributed by atoms with Gasteiger partial charge in [-0.05, 0) is 24.3 Å². The normalized spacial score (nSPS) is 12.1. The zero-order valence-corrected chi connectivity index (χ0v) is 12.2. The molecule has 3 nitrogen and oxygen atoms in total. The highest BCUT2D eigenvalue weighted by Gasteiger charge is 2.23. The SMILES string of the molecule is CS(=O)c1ccc(NC(=O)c2cc(F)c(F)c(F)c2F)cc1F. The number of halogens is 5. The molecular weight excluding hydrogens is 341 g/mol. The number of benzene rings is 2. The number of carbonyl (C=O) groups is 1. The van der Waals surface area contributed by atoms with Crippen molar-refractivity contribution in [3.05, 3.63) is 58.9 Å². The lowest BCUT2D eigenvalue weighted by Crippen LogP contribution is -2.16. The van der Waals surface area contributed by atoms with Gasteiger partial charge in [0.25, 0.3) is 5.91 Å². The minimum atomic E-state index is -2.13. The molecule has 0 aliphatic heterocycles. The third kappa shape index (κ3) is 3.39. The summed E-state index contributed by atoms with van der Waals surface area (Å²) in [6, 6.07) is 3.30. The van der Waals surface area contributed by atoms with E-state index >= 15 is 0 Å². The van der Waals surface area contributed by atoms with Gasteiger partial charge in [0, 0.05) is 11.9 Å². The Morgan fingerprint density at radius 2 is 1.61 bits per heavy atom. The smallest absolute Gasteiger partial charge is 0.258 e. The van der Waals surface area contributed by atoms with Crippen molar-refractivity contribution < 1.29 is 31.0 Å². The fourth-order valence-electron chi connectivity index (χ4n) is 1.75. The van der Waals surface area contributed by atoms with Crippen molar-refractivity contribution in [3.8, 4) is 0 Å². The summed E-state index contributed by atoms with van der Waals surface area (Å²) >= 11 is 0. The maximum absolute atomic E-state index is 13.6. The molecule has 0 spiro atoms. The summed E-state index contributed by atoms with van der Waals surface area (Å²) in [5.41, 5.74) is -1.24. The second-order valence-corrected chi connectivity index (χ2v) is 5.75. The number of nitrogens with one attached hydrogen (secondary N) is 1. The van der Waals surface area contributed by atoms with E-state index in [2.05, 4.69) is 0 Å². The number of rotatable bonds is 3. The molecule has 2 aromatic rings. The summed E-state index contributed by atoms with van der Waals surface area (Å²) in [6.07, 6.45) is 1.25. The van der Waals surface area contributed by atoms with Gasteiger partial charge in [-0.2, -0.15) is 0 Å². The maximum atomic E-state index is 13.6. The predicted octanol–water partition coefficient (Wildman–Crippen LogP) is 3.37. The Kier molecular flexibility index (Phi) is 4.79. The Balaban J connectivity index is 2.33. The predicted molar refractivity (Wildman–Crippen MR) is 73.0 cm³/mol. The van der Waals surface area contributed by atoms with Crippen LogP contribution in [0.5, 0.6) is 0 Å². The van der Waals surface area contributed by atoms with Gasteiger partial charge < -0.3 is 5.32 Å². The van der Waals surface area contributed by atoms with Crippen LogP contribution in [0, 0.1) is 29.1 Å². The molecule has 1 N–H and O–H groups in total. The van der Waals surface area contributed by atoms with Crippen molar-refractivity contribution in [1.29, 1.82) is 0 Å². The van der Waals surface area contributed by atoms with Crippen LogP contribution in [0.4, 0.5) is 27.6 Å². The second-order valence-electron chi connectivity index (χ2n) is 4.40. The van der Waals surface area contributed by atoms with Crippen LogP contribution >= 0.6 is 0 Å². The van der Waals surface area contributed by atoms with E-state index in [0.717, 1.165) is 12.1 Å². The largest absolute Gasteiger partial charge is 0.322 e. The number of hydrogen-bond donors (Lipinski definition) is 1. The van der Waals surface area contributed by atoms with Crippen LogP contribution in [0.3, 0.4) is 0 Å². The molecule has 0 saturated carbocycles. The van der Waals surface area contributed by atoms with Crippen molar-refractivity contribution in [1.82, 2.24) is 0 Å². The molecule has 2 aromatic carbocycles. The number of hydrogen-bond acceptors (Lipinski definition) is 2. The molecular formula is C14H8F5NO2S. The summed E-state index contributed by atoms with van der Waals surface area (Å²) in [6.45, 7) is 0. The molecule has 0 fully saturated rings. The van der Waals surface area contributed by atoms with Crippen LogP contribution in [0.25, 0.3) is 0 Å². The molecule has 0 heterocycles. The van der Waals surface area contributed by atoms with Crippen molar-refractivity contribution in [2.24, 2.45) is 0 Å². The first-order chi connectivity index (χ1) is 10.7. The van der Waals surface area contributed by atoms with Crippen LogP contribution in [0.2, 0.25) is 0 Å². The van der Waals surface area contributed by atoms with Gasteiger partial charge in [0.05, 0.1) is 21.3 Å². The summed E-state index contributed by atoms with van der Waals surface area (Å²) < 4.78 is 77.3. The first kappa shape index (κ1) is 17.1. The minimum Gasteiger partial charge on any atom is -0.322 e. The van der Waals surface area contributed by atoms with Gasteiger partial charge in [0.1, 0.15) is 5.82 Å².